The summed E-state index contributed by atoms with van der Waals surface area (Å²) in [6, 6.07) is 5.85. The maximum absolute atomic E-state index is 4.38. The fourth-order valence-corrected chi connectivity index (χ4v) is 3.57. The summed E-state index contributed by atoms with van der Waals surface area (Å²) < 4.78 is 4.20. The molecule has 3 aromatic rings. The highest BCUT2D eigenvalue weighted by Crippen LogP contribution is 2.16. The zero-order valence-electron chi connectivity index (χ0n) is 17.9. The third kappa shape index (κ3) is 6.30. The molecule has 0 radical (unpaired) electrons. The number of aryl methyl sites for hydroxylation is 1. The quantitative estimate of drug-likeness (QED) is 0.141. The summed E-state index contributed by atoms with van der Waals surface area (Å²) in [6.45, 7) is 6.71. The first-order valence-electron chi connectivity index (χ1n) is 9.81. The Hall–Kier alpha value is -1.89. The van der Waals surface area contributed by atoms with Gasteiger partial charge in [-0.3, -0.25) is 9.39 Å². The van der Waals surface area contributed by atoms with Gasteiger partial charge in [0.15, 0.2) is 22.6 Å². The highest BCUT2D eigenvalue weighted by molar-refractivity contribution is 14.0. The van der Waals surface area contributed by atoms with Gasteiger partial charge in [-0.2, -0.15) is 0 Å². The van der Waals surface area contributed by atoms with Crippen molar-refractivity contribution in [1.82, 2.24) is 40.0 Å². The largest absolute Gasteiger partial charge is 0.356 e. The summed E-state index contributed by atoms with van der Waals surface area (Å²) >= 11 is 1.64. The Kier molecular flexibility index (Phi) is 9.82. The minimum atomic E-state index is 0. The van der Waals surface area contributed by atoms with Crippen LogP contribution in [0, 0.1) is 5.92 Å². The van der Waals surface area contributed by atoms with Crippen LogP contribution in [0.5, 0.6) is 0 Å². The molecular weight excluding hydrogens is 513 g/mol. The number of nitrogens with one attached hydrogen (secondary N) is 2. The topological polar surface area (TPSA) is 97.3 Å². The lowest BCUT2D eigenvalue weighted by molar-refractivity contribution is 0.477. The molecule has 3 rings (SSSR count). The summed E-state index contributed by atoms with van der Waals surface area (Å²) in [7, 11) is 1.77. The molecule has 0 atom stereocenters. The van der Waals surface area contributed by atoms with Gasteiger partial charge in [0.2, 0.25) is 0 Å². The van der Waals surface area contributed by atoms with Crippen LogP contribution in [-0.2, 0) is 19.5 Å². The van der Waals surface area contributed by atoms with Gasteiger partial charge in [0.1, 0.15) is 5.82 Å². The molecule has 2 N–H and O–H groups in total. The maximum Gasteiger partial charge on any atom is 0.191 e. The zero-order valence-corrected chi connectivity index (χ0v) is 21.0. The molecule has 0 bridgehead atoms. The molecule has 0 fully saturated rings. The van der Waals surface area contributed by atoms with Crippen LogP contribution in [0.4, 0.5) is 0 Å². The van der Waals surface area contributed by atoms with Crippen LogP contribution in [0.15, 0.2) is 34.5 Å². The molecule has 0 amide bonds. The molecular formula is C19H30IN9S. The number of pyridine rings is 1. The van der Waals surface area contributed by atoms with Gasteiger partial charge < -0.3 is 15.2 Å². The van der Waals surface area contributed by atoms with Crippen molar-refractivity contribution in [3.63, 3.8) is 0 Å². The molecule has 0 saturated heterocycles. The molecule has 0 aliphatic carbocycles. The molecule has 0 aliphatic rings. The Balaban J connectivity index is 0.00000320. The van der Waals surface area contributed by atoms with Crippen LogP contribution >= 0.6 is 35.7 Å². The molecule has 0 saturated carbocycles. The summed E-state index contributed by atoms with van der Waals surface area (Å²) in [6.07, 6.45) is 5.82. The summed E-state index contributed by atoms with van der Waals surface area (Å²) in [5, 5.41) is 24.7. The van der Waals surface area contributed by atoms with E-state index in [9.17, 15) is 0 Å². The van der Waals surface area contributed by atoms with Crippen molar-refractivity contribution in [2.24, 2.45) is 10.9 Å². The van der Waals surface area contributed by atoms with Crippen molar-refractivity contribution in [1.29, 1.82) is 0 Å². The number of rotatable bonds is 9. The number of fused-ring (bicyclic) bond motifs is 1. The lowest BCUT2D eigenvalue weighted by Gasteiger charge is -2.13. The number of halogens is 1. The Morgan fingerprint density at radius 3 is 2.67 bits per heavy atom. The first-order valence-corrected chi connectivity index (χ1v) is 11.0. The number of hydrogen-bond acceptors (Lipinski definition) is 6. The van der Waals surface area contributed by atoms with E-state index in [-0.39, 0.29) is 24.0 Å². The minimum absolute atomic E-state index is 0. The Morgan fingerprint density at radius 2 is 1.93 bits per heavy atom. The smallest absolute Gasteiger partial charge is 0.191 e. The van der Waals surface area contributed by atoms with E-state index in [1.807, 2.05) is 35.1 Å². The number of hydrogen-bond donors (Lipinski definition) is 2. The van der Waals surface area contributed by atoms with E-state index in [0.717, 1.165) is 54.3 Å². The summed E-state index contributed by atoms with van der Waals surface area (Å²) in [4.78, 5) is 4.29. The standard InChI is InChI=1S/C19H29N9S.HI/c1-14(2)13-28-16(24-26-19(28)29-4)9-7-10-21-18(20-3)22-12-17-25-23-15-8-5-6-11-27(15)17;/h5-6,8,11,14H,7,9-10,12-13H2,1-4H3,(H2,20,21,22);1H. The molecule has 3 aromatic heterocycles. The highest BCUT2D eigenvalue weighted by Gasteiger charge is 2.12. The molecule has 0 aliphatic heterocycles. The molecule has 0 aromatic carbocycles. The molecule has 0 spiro atoms. The van der Waals surface area contributed by atoms with Crippen molar-refractivity contribution in [3.05, 3.63) is 36.0 Å². The van der Waals surface area contributed by atoms with Gasteiger partial charge in [-0.05, 0) is 30.7 Å². The summed E-state index contributed by atoms with van der Waals surface area (Å²) in [5.74, 6) is 3.19. The lowest BCUT2D eigenvalue weighted by atomic mass is 10.2. The van der Waals surface area contributed by atoms with Gasteiger partial charge >= 0.3 is 0 Å². The predicted octanol–water partition coefficient (Wildman–Crippen LogP) is 2.61. The summed E-state index contributed by atoms with van der Waals surface area (Å²) in [5.41, 5.74) is 0.836. The van der Waals surface area contributed by atoms with Crippen LogP contribution in [0.3, 0.4) is 0 Å². The van der Waals surface area contributed by atoms with Crippen LogP contribution in [0.2, 0.25) is 0 Å². The third-order valence-electron chi connectivity index (χ3n) is 4.42. The van der Waals surface area contributed by atoms with Gasteiger partial charge in [-0.15, -0.1) is 44.4 Å². The number of nitrogens with zero attached hydrogens (tertiary/aromatic N) is 7. The third-order valence-corrected chi connectivity index (χ3v) is 5.08. The van der Waals surface area contributed by atoms with Crippen molar-refractivity contribution < 1.29 is 0 Å². The van der Waals surface area contributed by atoms with Crippen molar-refractivity contribution in [2.45, 2.75) is 44.9 Å². The van der Waals surface area contributed by atoms with Gasteiger partial charge in [0.25, 0.3) is 0 Å². The second kappa shape index (κ2) is 12.1. The second-order valence-electron chi connectivity index (χ2n) is 7.11. The average molecular weight is 543 g/mol. The van der Waals surface area contributed by atoms with E-state index < -0.39 is 0 Å². The van der Waals surface area contributed by atoms with Gasteiger partial charge in [0.05, 0.1) is 6.54 Å². The van der Waals surface area contributed by atoms with E-state index in [1.165, 1.54) is 0 Å². The van der Waals surface area contributed by atoms with Crippen molar-refractivity contribution in [3.8, 4) is 0 Å². The highest BCUT2D eigenvalue weighted by atomic mass is 127. The number of thioether (sulfide) groups is 1. The van der Waals surface area contributed by atoms with E-state index in [0.29, 0.717) is 12.5 Å². The van der Waals surface area contributed by atoms with E-state index in [2.05, 4.69) is 54.4 Å². The molecule has 0 unspecified atom stereocenters. The van der Waals surface area contributed by atoms with Crippen LogP contribution < -0.4 is 10.6 Å². The first-order chi connectivity index (χ1) is 14.1. The monoisotopic (exact) mass is 543 g/mol. The molecule has 30 heavy (non-hydrogen) atoms. The first kappa shape index (κ1) is 24.4. The SMILES string of the molecule is CN=C(NCCCc1nnc(SC)n1CC(C)C)NCc1nnc2ccccn12.I. The van der Waals surface area contributed by atoms with Gasteiger partial charge in [-0.1, -0.05) is 31.7 Å². The Bertz CT molecular complexity index is 951. The Labute approximate surface area is 198 Å². The predicted molar refractivity (Wildman–Crippen MR) is 132 cm³/mol. The van der Waals surface area contributed by atoms with Crippen LogP contribution in [0.1, 0.15) is 31.9 Å². The normalized spacial score (nSPS) is 11.7. The average Bonchev–Trinajstić information content (AvgIpc) is 3.31. The fourth-order valence-electron chi connectivity index (χ4n) is 3.05. The van der Waals surface area contributed by atoms with Crippen molar-refractivity contribution >= 4 is 47.3 Å². The zero-order chi connectivity index (χ0) is 20.6. The number of aromatic nitrogens is 6. The fraction of sp³-hybridized carbons (Fsp3) is 0.526. The van der Waals surface area contributed by atoms with Crippen LogP contribution in [-0.4, -0.2) is 55.2 Å². The second-order valence-corrected chi connectivity index (χ2v) is 7.88. The number of guanidine groups is 1. The molecule has 164 valence electrons. The van der Waals surface area contributed by atoms with Crippen LogP contribution in [0.25, 0.3) is 5.65 Å². The van der Waals surface area contributed by atoms with E-state index >= 15 is 0 Å². The Morgan fingerprint density at radius 1 is 1.13 bits per heavy atom. The van der Waals surface area contributed by atoms with Gasteiger partial charge in [-0.25, -0.2) is 0 Å². The molecule has 11 heteroatoms. The van der Waals surface area contributed by atoms with E-state index in [4.69, 9.17) is 0 Å². The minimum Gasteiger partial charge on any atom is -0.356 e. The lowest BCUT2D eigenvalue weighted by Crippen LogP contribution is -2.37. The van der Waals surface area contributed by atoms with Gasteiger partial charge in [0, 0.05) is 32.8 Å². The number of aliphatic imine (C=N–C) groups is 1. The molecule has 3 heterocycles. The maximum atomic E-state index is 4.38. The molecule has 9 nitrogen and oxygen atoms in total. The van der Waals surface area contributed by atoms with Crippen molar-refractivity contribution in [2.75, 3.05) is 19.8 Å². The van der Waals surface area contributed by atoms with E-state index in [1.54, 1.807) is 18.8 Å².